The lowest BCUT2D eigenvalue weighted by molar-refractivity contribution is -0.125. The SMILES string of the molecule is Cc1ccc(NC(=O)CC2Cc3c(nc(SCCC(C)C)[nH]c3=O)NC2=O)c(C)c1. The first-order chi connectivity index (χ1) is 14.2. The fourth-order valence-electron chi connectivity index (χ4n) is 3.33. The number of hydrogen-bond acceptors (Lipinski definition) is 5. The van der Waals surface area contributed by atoms with Crippen molar-refractivity contribution in [2.24, 2.45) is 11.8 Å². The molecule has 3 rings (SSSR count). The van der Waals surface area contributed by atoms with Crippen LogP contribution < -0.4 is 16.2 Å². The van der Waals surface area contributed by atoms with Gasteiger partial charge >= 0.3 is 0 Å². The number of amides is 2. The van der Waals surface area contributed by atoms with E-state index in [1.807, 2.05) is 32.0 Å². The van der Waals surface area contributed by atoms with Gasteiger partial charge in [-0.05, 0) is 44.2 Å². The summed E-state index contributed by atoms with van der Waals surface area (Å²) in [5.74, 6) is 0.573. The van der Waals surface area contributed by atoms with Crippen molar-refractivity contribution in [1.82, 2.24) is 9.97 Å². The van der Waals surface area contributed by atoms with Crippen molar-refractivity contribution in [3.8, 4) is 0 Å². The lowest BCUT2D eigenvalue weighted by Gasteiger charge is -2.23. The molecule has 0 saturated carbocycles. The summed E-state index contributed by atoms with van der Waals surface area (Å²) in [5.41, 5.74) is 2.97. The van der Waals surface area contributed by atoms with Crippen LogP contribution in [0.5, 0.6) is 0 Å². The van der Waals surface area contributed by atoms with E-state index in [-0.39, 0.29) is 30.2 Å². The number of fused-ring (bicyclic) bond motifs is 1. The lowest BCUT2D eigenvalue weighted by Crippen LogP contribution is -2.37. The zero-order valence-corrected chi connectivity index (χ0v) is 18.6. The molecule has 30 heavy (non-hydrogen) atoms. The van der Waals surface area contributed by atoms with Crippen LogP contribution >= 0.6 is 11.8 Å². The zero-order valence-electron chi connectivity index (χ0n) is 17.8. The highest BCUT2D eigenvalue weighted by Crippen LogP contribution is 2.26. The van der Waals surface area contributed by atoms with Crippen LogP contribution in [-0.2, 0) is 16.0 Å². The summed E-state index contributed by atoms with van der Waals surface area (Å²) < 4.78 is 0. The molecule has 1 aliphatic rings. The monoisotopic (exact) mass is 428 g/mol. The zero-order chi connectivity index (χ0) is 21.8. The summed E-state index contributed by atoms with van der Waals surface area (Å²) in [5, 5.41) is 6.08. The Balaban J connectivity index is 1.67. The van der Waals surface area contributed by atoms with Crippen molar-refractivity contribution in [3.05, 3.63) is 45.2 Å². The van der Waals surface area contributed by atoms with Gasteiger partial charge in [0.05, 0.1) is 11.5 Å². The number of anilines is 2. The van der Waals surface area contributed by atoms with Crippen molar-refractivity contribution in [3.63, 3.8) is 0 Å². The maximum absolute atomic E-state index is 12.5. The highest BCUT2D eigenvalue weighted by molar-refractivity contribution is 7.99. The standard InChI is InChI=1S/C22H28N4O3S/c1-12(2)7-8-30-22-25-19-16(21(29)26-22)10-15(20(28)24-19)11-18(27)23-17-6-5-13(3)9-14(17)4/h5-6,9,12,15H,7-8,10-11H2,1-4H3,(H,23,27)(H2,24,25,26,28,29). The van der Waals surface area contributed by atoms with E-state index in [0.29, 0.717) is 22.5 Å². The van der Waals surface area contributed by atoms with Crippen LogP contribution in [0.25, 0.3) is 0 Å². The van der Waals surface area contributed by atoms with E-state index >= 15 is 0 Å². The number of benzene rings is 1. The third-order valence-corrected chi connectivity index (χ3v) is 5.99. The van der Waals surface area contributed by atoms with Crippen LogP contribution in [0.3, 0.4) is 0 Å². The third kappa shape index (κ3) is 5.50. The molecular weight excluding hydrogens is 400 g/mol. The molecule has 7 nitrogen and oxygen atoms in total. The topological polar surface area (TPSA) is 104 Å². The highest BCUT2D eigenvalue weighted by Gasteiger charge is 2.31. The van der Waals surface area contributed by atoms with Crippen molar-refractivity contribution >= 4 is 35.1 Å². The normalized spacial score (nSPS) is 15.6. The summed E-state index contributed by atoms with van der Waals surface area (Å²) >= 11 is 1.47. The Kier molecular flexibility index (Phi) is 6.97. The molecule has 0 spiro atoms. The molecule has 0 radical (unpaired) electrons. The second-order valence-electron chi connectivity index (χ2n) is 8.19. The first-order valence-electron chi connectivity index (χ1n) is 10.2. The van der Waals surface area contributed by atoms with Crippen LogP contribution in [0, 0.1) is 25.7 Å². The van der Waals surface area contributed by atoms with Crippen LogP contribution in [0.4, 0.5) is 11.5 Å². The Hall–Kier alpha value is -2.61. The lowest BCUT2D eigenvalue weighted by atomic mass is 9.92. The van der Waals surface area contributed by atoms with Crippen LogP contribution in [0.2, 0.25) is 0 Å². The molecule has 2 amide bonds. The minimum Gasteiger partial charge on any atom is -0.326 e. The van der Waals surface area contributed by atoms with Crippen molar-refractivity contribution in [1.29, 1.82) is 0 Å². The Morgan fingerprint density at radius 1 is 1.30 bits per heavy atom. The van der Waals surface area contributed by atoms with Gasteiger partial charge in [-0.25, -0.2) is 4.98 Å². The van der Waals surface area contributed by atoms with E-state index in [9.17, 15) is 14.4 Å². The Labute approximate surface area is 180 Å². The molecule has 0 saturated heterocycles. The van der Waals surface area contributed by atoms with Gasteiger partial charge in [-0.1, -0.05) is 43.3 Å². The average molecular weight is 429 g/mol. The number of rotatable bonds is 7. The minimum atomic E-state index is -0.606. The van der Waals surface area contributed by atoms with Crippen LogP contribution in [0.15, 0.2) is 28.2 Å². The fraction of sp³-hybridized carbons (Fsp3) is 0.455. The maximum atomic E-state index is 12.5. The number of aromatic nitrogens is 2. The van der Waals surface area contributed by atoms with Gasteiger partial charge in [0.2, 0.25) is 11.8 Å². The first kappa shape index (κ1) is 22.1. The number of thioether (sulfide) groups is 1. The minimum absolute atomic E-state index is 0.00290. The molecule has 1 aromatic carbocycles. The van der Waals surface area contributed by atoms with Gasteiger partial charge in [0.15, 0.2) is 5.16 Å². The molecule has 1 aromatic heterocycles. The van der Waals surface area contributed by atoms with E-state index in [2.05, 4.69) is 34.4 Å². The summed E-state index contributed by atoms with van der Waals surface area (Å²) in [7, 11) is 0. The summed E-state index contributed by atoms with van der Waals surface area (Å²) in [6, 6.07) is 5.77. The molecule has 0 fully saturated rings. The third-order valence-electron chi connectivity index (χ3n) is 5.08. The number of nitrogens with zero attached hydrogens (tertiary/aromatic N) is 1. The molecule has 2 heterocycles. The van der Waals surface area contributed by atoms with Gasteiger partial charge < -0.3 is 15.6 Å². The smallest absolute Gasteiger partial charge is 0.256 e. The van der Waals surface area contributed by atoms with Gasteiger partial charge in [0.1, 0.15) is 5.82 Å². The number of aromatic amines is 1. The van der Waals surface area contributed by atoms with Gasteiger partial charge in [0, 0.05) is 17.9 Å². The van der Waals surface area contributed by atoms with Crippen LogP contribution in [0.1, 0.15) is 43.4 Å². The van der Waals surface area contributed by atoms with E-state index in [4.69, 9.17) is 0 Å². The largest absolute Gasteiger partial charge is 0.326 e. The number of carbonyl (C=O) groups excluding carboxylic acids is 2. The van der Waals surface area contributed by atoms with Gasteiger partial charge in [-0.3, -0.25) is 14.4 Å². The maximum Gasteiger partial charge on any atom is 0.256 e. The molecule has 2 aromatic rings. The number of hydrogen-bond donors (Lipinski definition) is 3. The number of carbonyl (C=O) groups is 2. The summed E-state index contributed by atoms with van der Waals surface area (Å²) in [6.07, 6.45) is 1.21. The van der Waals surface area contributed by atoms with Gasteiger partial charge in [-0.15, -0.1) is 0 Å². The van der Waals surface area contributed by atoms with Gasteiger partial charge in [-0.2, -0.15) is 0 Å². The number of nitrogens with one attached hydrogen (secondary N) is 3. The Morgan fingerprint density at radius 3 is 2.77 bits per heavy atom. The molecule has 8 heteroatoms. The summed E-state index contributed by atoms with van der Waals surface area (Å²) in [6.45, 7) is 8.19. The molecule has 0 aliphatic carbocycles. The molecule has 3 N–H and O–H groups in total. The second kappa shape index (κ2) is 9.47. The second-order valence-corrected chi connectivity index (χ2v) is 9.27. The summed E-state index contributed by atoms with van der Waals surface area (Å²) in [4.78, 5) is 44.7. The quantitative estimate of drug-likeness (QED) is 0.461. The van der Waals surface area contributed by atoms with E-state index < -0.39 is 5.92 Å². The van der Waals surface area contributed by atoms with E-state index in [1.54, 1.807) is 0 Å². The van der Waals surface area contributed by atoms with Crippen molar-refractivity contribution in [2.75, 3.05) is 16.4 Å². The number of H-pyrrole nitrogens is 1. The molecular formula is C22H28N4O3S. The molecule has 1 atom stereocenters. The van der Waals surface area contributed by atoms with E-state index in [1.165, 1.54) is 11.8 Å². The number of aryl methyl sites for hydroxylation is 2. The van der Waals surface area contributed by atoms with E-state index in [0.717, 1.165) is 29.0 Å². The Bertz CT molecular complexity index is 1020. The van der Waals surface area contributed by atoms with Crippen LogP contribution in [-0.4, -0.2) is 27.5 Å². The van der Waals surface area contributed by atoms with Crippen molar-refractivity contribution < 1.29 is 9.59 Å². The molecule has 1 aliphatic heterocycles. The molecule has 160 valence electrons. The highest BCUT2D eigenvalue weighted by atomic mass is 32.2. The average Bonchev–Trinajstić information content (AvgIpc) is 2.65. The first-order valence-corrected chi connectivity index (χ1v) is 11.2. The Morgan fingerprint density at radius 2 is 2.07 bits per heavy atom. The van der Waals surface area contributed by atoms with Crippen molar-refractivity contribution in [2.45, 2.75) is 52.1 Å². The fourth-order valence-corrected chi connectivity index (χ4v) is 4.43. The van der Waals surface area contributed by atoms with Gasteiger partial charge in [0.25, 0.3) is 5.56 Å². The predicted molar refractivity (Wildman–Crippen MR) is 120 cm³/mol. The molecule has 1 unspecified atom stereocenters. The predicted octanol–water partition coefficient (Wildman–Crippen LogP) is 3.66. The molecule has 0 bridgehead atoms.